The highest BCUT2D eigenvalue weighted by atomic mass is 19.2. The standard InChI is InChI=1S/C21H23F2N3O2/c1-4-6-14(27)26-13-8-5-7-12(9-13)16-15-10(2)11(3)25-20(15)17(21(24)28)19(23)18(16)22/h12-13,25H,5,7-9H2,1-3H3,(H2,24,28)(H,26,27)/t12-,13-/m0/s1. The molecule has 1 aliphatic rings. The molecule has 3 rings (SSSR count). The number of aromatic amines is 1. The lowest BCUT2D eigenvalue weighted by molar-refractivity contribution is -0.116. The van der Waals surface area contributed by atoms with E-state index in [9.17, 15) is 14.0 Å². The van der Waals surface area contributed by atoms with E-state index in [1.807, 2.05) is 0 Å². The third-order valence-corrected chi connectivity index (χ3v) is 5.57. The van der Waals surface area contributed by atoms with E-state index in [4.69, 9.17) is 5.73 Å². The molecule has 7 heteroatoms. The van der Waals surface area contributed by atoms with Crippen LogP contribution in [-0.4, -0.2) is 22.8 Å². The number of carbonyl (C=O) groups is 2. The van der Waals surface area contributed by atoms with Gasteiger partial charge in [-0.25, -0.2) is 8.78 Å². The van der Waals surface area contributed by atoms with Crippen molar-refractivity contribution in [3.05, 3.63) is 34.0 Å². The molecule has 148 valence electrons. The third-order valence-electron chi connectivity index (χ3n) is 5.57. The summed E-state index contributed by atoms with van der Waals surface area (Å²) in [5.41, 5.74) is 6.83. The van der Waals surface area contributed by atoms with Crippen molar-refractivity contribution in [2.24, 2.45) is 5.73 Å². The minimum absolute atomic E-state index is 0.166. The SMILES string of the molecule is CC#CC(=O)N[C@H]1CCC[C@H](c2c(F)c(F)c(C(N)=O)c3[nH]c(C)c(C)c23)C1. The van der Waals surface area contributed by atoms with Gasteiger partial charge in [0.1, 0.15) is 5.56 Å². The fourth-order valence-corrected chi connectivity index (χ4v) is 4.22. The molecule has 0 unspecified atom stereocenters. The highest BCUT2D eigenvalue weighted by Crippen LogP contribution is 2.42. The lowest BCUT2D eigenvalue weighted by Gasteiger charge is -2.30. The van der Waals surface area contributed by atoms with Gasteiger partial charge in [-0.05, 0) is 57.4 Å². The van der Waals surface area contributed by atoms with E-state index in [1.54, 1.807) is 20.8 Å². The average molecular weight is 387 g/mol. The van der Waals surface area contributed by atoms with Crippen LogP contribution in [0.1, 0.15) is 65.7 Å². The Balaban J connectivity index is 2.11. The molecule has 0 saturated heterocycles. The van der Waals surface area contributed by atoms with Crippen LogP contribution < -0.4 is 11.1 Å². The van der Waals surface area contributed by atoms with Crippen LogP contribution in [0.15, 0.2) is 0 Å². The van der Waals surface area contributed by atoms with E-state index in [2.05, 4.69) is 22.1 Å². The van der Waals surface area contributed by atoms with Gasteiger partial charge in [-0.3, -0.25) is 9.59 Å². The van der Waals surface area contributed by atoms with Crippen LogP contribution in [0.4, 0.5) is 8.78 Å². The van der Waals surface area contributed by atoms with Gasteiger partial charge in [-0.15, -0.1) is 0 Å². The van der Waals surface area contributed by atoms with E-state index in [0.717, 1.165) is 24.1 Å². The van der Waals surface area contributed by atoms with E-state index < -0.39 is 23.1 Å². The second kappa shape index (κ2) is 7.63. The zero-order valence-electron chi connectivity index (χ0n) is 16.1. The Bertz CT molecular complexity index is 1030. The van der Waals surface area contributed by atoms with Gasteiger partial charge in [0, 0.05) is 22.7 Å². The summed E-state index contributed by atoms with van der Waals surface area (Å²) in [6, 6.07) is -0.166. The molecule has 28 heavy (non-hydrogen) atoms. The van der Waals surface area contributed by atoms with Gasteiger partial charge in [0.2, 0.25) is 0 Å². The Labute approximate surface area is 162 Å². The first-order chi connectivity index (χ1) is 13.3. The third kappa shape index (κ3) is 3.35. The number of carbonyl (C=O) groups excluding carboxylic acids is 2. The Morgan fingerprint density at radius 3 is 2.57 bits per heavy atom. The number of aryl methyl sites for hydroxylation is 2. The predicted molar refractivity (Wildman–Crippen MR) is 103 cm³/mol. The van der Waals surface area contributed by atoms with Gasteiger partial charge >= 0.3 is 0 Å². The summed E-state index contributed by atoms with van der Waals surface area (Å²) in [5, 5.41) is 3.35. The summed E-state index contributed by atoms with van der Waals surface area (Å²) in [6.07, 6.45) is 2.65. The van der Waals surface area contributed by atoms with Crippen molar-refractivity contribution in [3.63, 3.8) is 0 Å². The number of H-pyrrole nitrogens is 1. The van der Waals surface area contributed by atoms with Crippen molar-refractivity contribution in [2.45, 2.75) is 58.4 Å². The number of benzene rings is 1. The maximum atomic E-state index is 15.1. The molecule has 1 aromatic heterocycles. The summed E-state index contributed by atoms with van der Waals surface area (Å²) in [5.74, 6) is 1.06. The maximum absolute atomic E-state index is 15.1. The molecule has 5 nitrogen and oxygen atoms in total. The first-order valence-corrected chi connectivity index (χ1v) is 9.29. The number of amides is 2. The topological polar surface area (TPSA) is 88.0 Å². The summed E-state index contributed by atoms with van der Waals surface area (Å²) < 4.78 is 29.9. The lowest BCUT2D eigenvalue weighted by Crippen LogP contribution is -2.37. The number of rotatable bonds is 3. The minimum Gasteiger partial charge on any atom is -0.365 e. The van der Waals surface area contributed by atoms with Gasteiger partial charge in [-0.2, -0.15) is 0 Å². The number of aromatic nitrogens is 1. The second-order valence-electron chi connectivity index (χ2n) is 7.31. The van der Waals surface area contributed by atoms with Gasteiger partial charge in [-0.1, -0.05) is 12.3 Å². The Morgan fingerprint density at radius 2 is 1.93 bits per heavy atom. The number of fused-ring (bicyclic) bond motifs is 1. The van der Waals surface area contributed by atoms with Crippen LogP contribution in [0, 0.1) is 37.3 Å². The summed E-state index contributed by atoms with van der Waals surface area (Å²) in [6.45, 7) is 5.17. The van der Waals surface area contributed by atoms with Crippen LogP contribution >= 0.6 is 0 Å². The Kier molecular flexibility index (Phi) is 5.41. The fourth-order valence-electron chi connectivity index (χ4n) is 4.22. The zero-order chi connectivity index (χ0) is 20.6. The van der Waals surface area contributed by atoms with E-state index in [1.165, 1.54) is 0 Å². The fraction of sp³-hybridized carbons (Fsp3) is 0.429. The molecule has 0 bridgehead atoms. The molecule has 4 N–H and O–H groups in total. The molecule has 1 saturated carbocycles. The van der Waals surface area contributed by atoms with Gasteiger partial charge in [0.15, 0.2) is 11.6 Å². The number of nitrogens with one attached hydrogen (secondary N) is 2. The van der Waals surface area contributed by atoms with Crippen LogP contribution in [0.5, 0.6) is 0 Å². The molecule has 2 amide bonds. The smallest absolute Gasteiger partial charge is 0.296 e. The van der Waals surface area contributed by atoms with Crippen LogP contribution in [0.3, 0.4) is 0 Å². The summed E-state index contributed by atoms with van der Waals surface area (Å²) in [7, 11) is 0. The number of halogens is 2. The largest absolute Gasteiger partial charge is 0.365 e. The number of nitrogens with two attached hydrogens (primary N) is 1. The van der Waals surface area contributed by atoms with Crippen molar-refractivity contribution in [1.82, 2.24) is 10.3 Å². The van der Waals surface area contributed by atoms with E-state index >= 15 is 4.39 Å². The highest BCUT2D eigenvalue weighted by molar-refractivity contribution is 6.07. The Morgan fingerprint density at radius 1 is 1.21 bits per heavy atom. The van der Waals surface area contributed by atoms with E-state index in [-0.39, 0.29) is 28.9 Å². The number of primary amides is 1. The van der Waals surface area contributed by atoms with Crippen molar-refractivity contribution in [1.29, 1.82) is 0 Å². The minimum atomic E-state index is -1.22. The van der Waals surface area contributed by atoms with Gasteiger partial charge < -0.3 is 16.0 Å². The van der Waals surface area contributed by atoms with E-state index in [0.29, 0.717) is 18.2 Å². The molecule has 1 aromatic carbocycles. The monoisotopic (exact) mass is 387 g/mol. The Hall–Kier alpha value is -2.88. The normalized spacial score (nSPS) is 19.2. The molecule has 2 atom stereocenters. The molecule has 0 radical (unpaired) electrons. The maximum Gasteiger partial charge on any atom is 0.296 e. The van der Waals surface area contributed by atoms with Crippen LogP contribution in [-0.2, 0) is 4.79 Å². The molecule has 1 aliphatic carbocycles. The van der Waals surface area contributed by atoms with Crippen molar-refractivity contribution < 1.29 is 18.4 Å². The number of hydrogen-bond donors (Lipinski definition) is 3. The molecule has 0 aliphatic heterocycles. The van der Waals surface area contributed by atoms with Crippen LogP contribution in [0.25, 0.3) is 10.9 Å². The first-order valence-electron chi connectivity index (χ1n) is 9.29. The highest BCUT2D eigenvalue weighted by Gasteiger charge is 2.33. The molecule has 1 heterocycles. The number of hydrogen-bond acceptors (Lipinski definition) is 2. The summed E-state index contributed by atoms with van der Waals surface area (Å²) in [4.78, 5) is 26.5. The molecular weight excluding hydrogens is 364 g/mol. The van der Waals surface area contributed by atoms with Gasteiger partial charge in [0.25, 0.3) is 11.8 Å². The zero-order valence-corrected chi connectivity index (χ0v) is 16.1. The van der Waals surface area contributed by atoms with Crippen molar-refractivity contribution in [3.8, 4) is 11.8 Å². The predicted octanol–water partition coefficient (Wildman–Crippen LogP) is 3.33. The molecular formula is C21H23F2N3O2. The lowest BCUT2D eigenvalue weighted by atomic mass is 9.79. The summed E-state index contributed by atoms with van der Waals surface area (Å²) >= 11 is 0. The van der Waals surface area contributed by atoms with Gasteiger partial charge in [0.05, 0.1) is 5.52 Å². The van der Waals surface area contributed by atoms with Crippen molar-refractivity contribution in [2.75, 3.05) is 0 Å². The molecule has 0 spiro atoms. The van der Waals surface area contributed by atoms with Crippen LogP contribution in [0.2, 0.25) is 0 Å². The first kappa shape index (κ1) is 19.9. The molecule has 1 fully saturated rings. The average Bonchev–Trinajstić information content (AvgIpc) is 2.91. The quantitative estimate of drug-likeness (QED) is 0.706. The van der Waals surface area contributed by atoms with Crippen molar-refractivity contribution >= 4 is 22.7 Å². The molecule has 2 aromatic rings. The second-order valence-corrected chi connectivity index (χ2v) is 7.31.